The van der Waals surface area contributed by atoms with Crippen LogP contribution in [-0.2, 0) is 19.3 Å². The molecule has 2 atom stereocenters. The summed E-state index contributed by atoms with van der Waals surface area (Å²) in [6.07, 6.45) is 8.64. The molecule has 0 saturated carbocycles. The van der Waals surface area contributed by atoms with Crippen molar-refractivity contribution in [2.24, 2.45) is 11.5 Å². The number of hydrogen-bond acceptors (Lipinski definition) is 7. The highest BCUT2D eigenvalue weighted by atomic mass is 32.1. The molecule has 0 saturated heterocycles. The molecule has 0 radical (unpaired) electrons. The van der Waals surface area contributed by atoms with Crippen molar-refractivity contribution in [3.05, 3.63) is 70.5 Å². The van der Waals surface area contributed by atoms with Crippen LogP contribution in [0.1, 0.15) is 40.6 Å². The fraction of sp³-hybridized carbons (Fsp3) is 0.320. The van der Waals surface area contributed by atoms with Crippen LogP contribution in [0.5, 0.6) is 5.75 Å². The maximum atomic E-state index is 6.81. The average molecular weight is 446 g/mol. The number of hydrogen-bond donors (Lipinski definition) is 2. The Kier molecular flexibility index (Phi) is 5.87. The van der Waals surface area contributed by atoms with E-state index in [-0.39, 0.29) is 6.04 Å². The zero-order valence-corrected chi connectivity index (χ0v) is 18.9. The van der Waals surface area contributed by atoms with Crippen LogP contribution >= 0.6 is 11.3 Å². The van der Waals surface area contributed by atoms with Gasteiger partial charge in [0, 0.05) is 22.5 Å². The summed E-state index contributed by atoms with van der Waals surface area (Å²) in [6, 6.07) is 11.4. The van der Waals surface area contributed by atoms with Gasteiger partial charge >= 0.3 is 0 Å². The van der Waals surface area contributed by atoms with Gasteiger partial charge in [0.1, 0.15) is 10.6 Å². The summed E-state index contributed by atoms with van der Waals surface area (Å²) < 4.78 is 5.52. The molecule has 4 N–H and O–H groups in total. The van der Waals surface area contributed by atoms with E-state index in [9.17, 15) is 0 Å². The monoisotopic (exact) mass is 445 g/mol. The molecular weight excluding hydrogens is 418 g/mol. The third kappa shape index (κ3) is 3.88. The van der Waals surface area contributed by atoms with Crippen LogP contribution in [0.15, 0.2) is 48.8 Å². The first kappa shape index (κ1) is 21.0. The van der Waals surface area contributed by atoms with E-state index in [0.29, 0.717) is 18.0 Å². The molecule has 3 aromatic heterocycles. The standard InChI is InChI=1S/C25H27N5OS/c1-31-19-14-28-12-11-16(19)24-29-23(22(27)18(26)13-15-7-3-2-4-8-15)21-17-9-5-6-10-20(17)32-25(21)30-24/h2-4,7-8,11-12,14,18,22H,5-6,9-10,13,26-27H2,1H3. The summed E-state index contributed by atoms with van der Waals surface area (Å²) in [7, 11) is 1.63. The lowest BCUT2D eigenvalue weighted by molar-refractivity contribution is 0.414. The largest absolute Gasteiger partial charge is 0.494 e. The van der Waals surface area contributed by atoms with Gasteiger partial charge in [-0.2, -0.15) is 0 Å². The Hall–Kier alpha value is -2.87. The molecule has 0 spiro atoms. The third-order valence-corrected chi connectivity index (χ3v) is 7.36. The van der Waals surface area contributed by atoms with E-state index >= 15 is 0 Å². The Bertz CT molecular complexity index is 1240. The van der Waals surface area contributed by atoms with Gasteiger partial charge in [0.05, 0.1) is 30.6 Å². The van der Waals surface area contributed by atoms with E-state index in [2.05, 4.69) is 17.1 Å². The van der Waals surface area contributed by atoms with Crippen molar-refractivity contribution in [1.29, 1.82) is 0 Å². The number of rotatable bonds is 6. The van der Waals surface area contributed by atoms with Crippen molar-refractivity contribution in [2.45, 2.75) is 44.2 Å². The molecule has 3 heterocycles. The van der Waals surface area contributed by atoms with Crippen LogP contribution in [0, 0.1) is 0 Å². The van der Waals surface area contributed by atoms with Crippen molar-refractivity contribution in [2.75, 3.05) is 7.11 Å². The highest BCUT2D eigenvalue weighted by molar-refractivity contribution is 7.18. The summed E-state index contributed by atoms with van der Waals surface area (Å²) in [6.45, 7) is 0. The zero-order chi connectivity index (χ0) is 22.1. The number of nitrogens with two attached hydrogens (primary N) is 2. The summed E-state index contributed by atoms with van der Waals surface area (Å²) in [4.78, 5) is 16.5. The van der Waals surface area contributed by atoms with Crippen LogP contribution < -0.4 is 16.2 Å². The van der Waals surface area contributed by atoms with Gasteiger partial charge < -0.3 is 16.2 Å². The highest BCUT2D eigenvalue weighted by Crippen LogP contribution is 2.40. The number of nitrogens with zero attached hydrogens (tertiary/aromatic N) is 3. The van der Waals surface area contributed by atoms with E-state index < -0.39 is 6.04 Å². The Morgan fingerprint density at radius 3 is 2.69 bits per heavy atom. The summed E-state index contributed by atoms with van der Waals surface area (Å²) in [5.41, 5.74) is 17.6. The van der Waals surface area contributed by atoms with Gasteiger partial charge in [-0.1, -0.05) is 30.3 Å². The maximum Gasteiger partial charge on any atom is 0.164 e. The molecule has 32 heavy (non-hydrogen) atoms. The Balaban J connectivity index is 1.64. The number of ether oxygens (including phenoxy) is 1. The second-order valence-corrected chi connectivity index (χ2v) is 9.36. The first-order valence-corrected chi connectivity index (χ1v) is 11.8. The number of aryl methyl sites for hydroxylation is 2. The minimum Gasteiger partial charge on any atom is -0.494 e. The molecule has 0 fully saturated rings. The number of methoxy groups -OCH3 is 1. The van der Waals surface area contributed by atoms with Crippen LogP contribution in [0.3, 0.4) is 0 Å². The van der Waals surface area contributed by atoms with Crippen molar-refractivity contribution >= 4 is 21.6 Å². The molecule has 1 aliphatic rings. The van der Waals surface area contributed by atoms with Crippen LogP contribution in [0.25, 0.3) is 21.6 Å². The number of pyridine rings is 1. The smallest absolute Gasteiger partial charge is 0.164 e. The van der Waals surface area contributed by atoms with Gasteiger partial charge in [-0.15, -0.1) is 11.3 Å². The molecule has 1 aromatic carbocycles. The van der Waals surface area contributed by atoms with Crippen molar-refractivity contribution in [3.8, 4) is 17.1 Å². The molecule has 7 heteroatoms. The van der Waals surface area contributed by atoms with Gasteiger partial charge in [0.2, 0.25) is 0 Å². The lowest BCUT2D eigenvalue weighted by atomic mass is 9.92. The van der Waals surface area contributed by atoms with Crippen LogP contribution in [-0.4, -0.2) is 28.1 Å². The fourth-order valence-corrected chi connectivity index (χ4v) is 5.76. The summed E-state index contributed by atoms with van der Waals surface area (Å²) >= 11 is 1.77. The number of benzene rings is 1. The van der Waals surface area contributed by atoms with E-state index in [1.807, 2.05) is 24.3 Å². The SMILES string of the molecule is COc1cnccc1-c1nc(C(N)C(N)Cc2ccccc2)c2c3c(sc2n1)CCCC3. The Morgan fingerprint density at radius 1 is 1.06 bits per heavy atom. The molecule has 164 valence electrons. The Labute approximate surface area is 191 Å². The van der Waals surface area contributed by atoms with E-state index in [1.54, 1.807) is 30.8 Å². The van der Waals surface area contributed by atoms with Gasteiger partial charge in [0.15, 0.2) is 5.82 Å². The molecule has 1 aliphatic carbocycles. The van der Waals surface area contributed by atoms with Crippen molar-refractivity contribution in [3.63, 3.8) is 0 Å². The minimum absolute atomic E-state index is 0.262. The Morgan fingerprint density at radius 2 is 1.88 bits per heavy atom. The number of fused-ring (bicyclic) bond motifs is 3. The first-order chi connectivity index (χ1) is 15.7. The third-order valence-electron chi connectivity index (χ3n) is 6.18. The molecule has 6 nitrogen and oxygen atoms in total. The minimum atomic E-state index is -0.409. The molecule has 0 aliphatic heterocycles. The molecule has 0 amide bonds. The molecular formula is C25H27N5OS. The quantitative estimate of drug-likeness (QED) is 0.461. The number of aromatic nitrogens is 3. The van der Waals surface area contributed by atoms with Gasteiger partial charge in [0.25, 0.3) is 0 Å². The van der Waals surface area contributed by atoms with Crippen molar-refractivity contribution < 1.29 is 4.74 Å². The van der Waals surface area contributed by atoms with Gasteiger partial charge in [-0.3, -0.25) is 4.98 Å². The van der Waals surface area contributed by atoms with E-state index in [0.717, 1.165) is 34.3 Å². The van der Waals surface area contributed by atoms with Gasteiger partial charge in [-0.05, 0) is 49.3 Å². The normalized spacial score (nSPS) is 15.3. The number of thiophene rings is 1. The summed E-state index contributed by atoms with van der Waals surface area (Å²) in [5, 5.41) is 1.11. The average Bonchev–Trinajstić information content (AvgIpc) is 3.22. The predicted octanol–water partition coefficient (Wildman–Crippen LogP) is 4.21. The second kappa shape index (κ2) is 8.94. The molecule has 4 aromatic rings. The van der Waals surface area contributed by atoms with Crippen LogP contribution in [0.2, 0.25) is 0 Å². The molecule has 2 unspecified atom stereocenters. The van der Waals surface area contributed by atoms with Gasteiger partial charge in [-0.25, -0.2) is 9.97 Å². The predicted molar refractivity (Wildman–Crippen MR) is 129 cm³/mol. The lowest BCUT2D eigenvalue weighted by Crippen LogP contribution is -2.36. The maximum absolute atomic E-state index is 6.81. The van der Waals surface area contributed by atoms with E-state index in [4.69, 9.17) is 26.2 Å². The topological polar surface area (TPSA) is 99.9 Å². The van der Waals surface area contributed by atoms with Crippen molar-refractivity contribution in [1.82, 2.24) is 15.0 Å². The highest BCUT2D eigenvalue weighted by Gasteiger charge is 2.27. The van der Waals surface area contributed by atoms with E-state index in [1.165, 1.54) is 28.8 Å². The summed E-state index contributed by atoms with van der Waals surface area (Å²) in [5.74, 6) is 1.24. The molecule has 5 rings (SSSR count). The fourth-order valence-electron chi connectivity index (χ4n) is 4.49. The molecule has 0 bridgehead atoms. The first-order valence-electron chi connectivity index (χ1n) is 11.0. The zero-order valence-electron chi connectivity index (χ0n) is 18.1. The lowest BCUT2D eigenvalue weighted by Gasteiger charge is -2.22. The second-order valence-electron chi connectivity index (χ2n) is 8.28. The van der Waals surface area contributed by atoms with Crippen LogP contribution in [0.4, 0.5) is 0 Å².